The summed E-state index contributed by atoms with van der Waals surface area (Å²) in [5.74, 6) is 3.32. The lowest BCUT2D eigenvalue weighted by atomic mass is 9.94. The number of terminal acetylenes is 1. The van der Waals surface area contributed by atoms with Crippen LogP contribution in [0.2, 0.25) is 0 Å². The van der Waals surface area contributed by atoms with Gasteiger partial charge in [-0.05, 0) is 43.0 Å². The molecule has 0 fully saturated rings. The third kappa shape index (κ3) is 5.58. The van der Waals surface area contributed by atoms with E-state index in [4.69, 9.17) is 12.2 Å². The Morgan fingerprint density at radius 1 is 1.47 bits per heavy atom. The van der Waals surface area contributed by atoms with Crippen LogP contribution >= 0.6 is 0 Å². The van der Waals surface area contributed by atoms with Crippen molar-refractivity contribution in [3.05, 3.63) is 29.8 Å². The minimum Gasteiger partial charge on any atom is -0.330 e. The van der Waals surface area contributed by atoms with Crippen LogP contribution in [-0.2, 0) is 4.79 Å². The van der Waals surface area contributed by atoms with Crippen molar-refractivity contribution in [3.63, 3.8) is 0 Å². The average molecular weight is 258 g/mol. The summed E-state index contributed by atoms with van der Waals surface area (Å²) in [5, 5.41) is 2.86. The highest BCUT2D eigenvalue weighted by atomic mass is 16.1. The maximum absolute atomic E-state index is 11.9. The van der Waals surface area contributed by atoms with Crippen LogP contribution in [0.3, 0.4) is 0 Å². The summed E-state index contributed by atoms with van der Waals surface area (Å²) in [6.07, 6.45) is 6.75. The molecule has 1 aromatic rings. The SMILES string of the molecule is C#Cc1cccc(NC(=O)C[C@@H](CN)CC(C)C)c1. The fourth-order valence-corrected chi connectivity index (χ4v) is 2.09. The van der Waals surface area contributed by atoms with Gasteiger partial charge >= 0.3 is 0 Å². The molecule has 0 radical (unpaired) electrons. The Bertz CT molecular complexity index is 460. The van der Waals surface area contributed by atoms with Crippen molar-refractivity contribution in [2.75, 3.05) is 11.9 Å². The van der Waals surface area contributed by atoms with E-state index < -0.39 is 0 Å². The predicted octanol–water partition coefficient (Wildman–Crippen LogP) is 2.62. The summed E-state index contributed by atoms with van der Waals surface area (Å²) in [4.78, 5) is 11.9. The van der Waals surface area contributed by atoms with Gasteiger partial charge in [-0.15, -0.1) is 6.42 Å². The minimum absolute atomic E-state index is 0.00901. The van der Waals surface area contributed by atoms with Gasteiger partial charge in [-0.25, -0.2) is 0 Å². The number of nitrogens with two attached hydrogens (primary N) is 1. The third-order valence-electron chi connectivity index (χ3n) is 2.93. The van der Waals surface area contributed by atoms with Crippen LogP contribution in [0.4, 0.5) is 5.69 Å². The lowest BCUT2D eigenvalue weighted by Gasteiger charge is -2.16. The standard InChI is InChI=1S/C16H22N2O/c1-4-13-6-5-7-15(9-13)18-16(19)10-14(11-17)8-12(2)3/h1,5-7,9,12,14H,8,10-11,17H2,2-3H3,(H,18,19)/t14-/m0/s1. The zero-order valence-corrected chi connectivity index (χ0v) is 11.6. The molecule has 1 aromatic carbocycles. The van der Waals surface area contributed by atoms with Gasteiger partial charge in [0.2, 0.25) is 5.91 Å². The molecule has 0 bridgehead atoms. The number of benzene rings is 1. The highest BCUT2D eigenvalue weighted by Gasteiger charge is 2.14. The Morgan fingerprint density at radius 2 is 2.21 bits per heavy atom. The molecule has 19 heavy (non-hydrogen) atoms. The van der Waals surface area contributed by atoms with E-state index in [1.54, 1.807) is 6.07 Å². The molecule has 0 aliphatic rings. The fraction of sp³-hybridized carbons (Fsp3) is 0.438. The van der Waals surface area contributed by atoms with Crippen molar-refractivity contribution in [1.82, 2.24) is 0 Å². The second-order valence-electron chi connectivity index (χ2n) is 5.21. The molecule has 102 valence electrons. The molecule has 0 spiro atoms. The predicted molar refractivity (Wildman–Crippen MR) is 79.6 cm³/mol. The molecule has 0 aliphatic heterocycles. The lowest BCUT2D eigenvalue weighted by Crippen LogP contribution is -2.23. The van der Waals surface area contributed by atoms with Gasteiger partial charge in [0.05, 0.1) is 0 Å². The molecule has 0 aromatic heterocycles. The number of nitrogens with one attached hydrogen (secondary N) is 1. The number of rotatable bonds is 6. The molecular weight excluding hydrogens is 236 g/mol. The van der Waals surface area contributed by atoms with Crippen LogP contribution in [0.25, 0.3) is 0 Å². The Kier molecular flexibility index (Phi) is 6.11. The van der Waals surface area contributed by atoms with E-state index >= 15 is 0 Å². The number of carbonyl (C=O) groups excluding carboxylic acids is 1. The third-order valence-corrected chi connectivity index (χ3v) is 2.93. The first-order valence-electron chi connectivity index (χ1n) is 6.61. The Morgan fingerprint density at radius 3 is 2.79 bits per heavy atom. The van der Waals surface area contributed by atoms with E-state index in [9.17, 15) is 4.79 Å². The average Bonchev–Trinajstić information content (AvgIpc) is 2.37. The molecule has 0 unspecified atom stereocenters. The molecule has 1 atom stereocenters. The number of carbonyl (C=O) groups is 1. The number of anilines is 1. The van der Waals surface area contributed by atoms with Crippen molar-refractivity contribution in [2.45, 2.75) is 26.7 Å². The first kappa shape index (κ1) is 15.3. The first-order valence-corrected chi connectivity index (χ1v) is 6.61. The van der Waals surface area contributed by atoms with Crippen molar-refractivity contribution in [3.8, 4) is 12.3 Å². The summed E-state index contributed by atoms with van der Waals surface area (Å²) in [6.45, 7) is 4.81. The van der Waals surface area contributed by atoms with E-state index in [1.165, 1.54) is 0 Å². The number of amides is 1. The molecule has 1 rings (SSSR count). The Labute approximate surface area is 115 Å². The normalized spacial score (nSPS) is 11.9. The Hall–Kier alpha value is -1.79. The van der Waals surface area contributed by atoms with Gasteiger partial charge < -0.3 is 11.1 Å². The van der Waals surface area contributed by atoms with Gasteiger partial charge in [0.15, 0.2) is 0 Å². The molecule has 3 heteroatoms. The second-order valence-corrected chi connectivity index (χ2v) is 5.21. The number of hydrogen-bond donors (Lipinski definition) is 2. The van der Waals surface area contributed by atoms with Gasteiger partial charge in [-0.3, -0.25) is 4.79 Å². The quantitative estimate of drug-likeness (QED) is 0.771. The lowest BCUT2D eigenvalue weighted by molar-refractivity contribution is -0.117. The highest BCUT2D eigenvalue weighted by Crippen LogP contribution is 2.16. The summed E-state index contributed by atoms with van der Waals surface area (Å²) >= 11 is 0. The highest BCUT2D eigenvalue weighted by molar-refractivity contribution is 5.91. The fourth-order valence-electron chi connectivity index (χ4n) is 2.09. The summed E-state index contributed by atoms with van der Waals surface area (Å²) in [6, 6.07) is 7.28. The smallest absolute Gasteiger partial charge is 0.224 e. The molecular formula is C16H22N2O. The first-order chi connectivity index (χ1) is 9.05. The topological polar surface area (TPSA) is 55.1 Å². The van der Waals surface area contributed by atoms with Gasteiger partial charge in [-0.2, -0.15) is 0 Å². The van der Waals surface area contributed by atoms with Crippen LogP contribution in [0, 0.1) is 24.2 Å². The van der Waals surface area contributed by atoms with Gasteiger partial charge in [-0.1, -0.05) is 25.8 Å². The Balaban J connectivity index is 2.56. The maximum Gasteiger partial charge on any atom is 0.224 e. The van der Waals surface area contributed by atoms with Crippen molar-refractivity contribution in [2.24, 2.45) is 17.6 Å². The van der Waals surface area contributed by atoms with E-state index in [1.807, 2.05) is 18.2 Å². The largest absolute Gasteiger partial charge is 0.330 e. The van der Waals surface area contributed by atoms with E-state index in [0.717, 1.165) is 17.7 Å². The molecule has 0 saturated heterocycles. The molecule has 1 amide bonds. The summed E-state index contributed by atoms with van der Waals surface area (Å²) < 4.78 is 0. The summed E-state index contributed by atoms with van der Waals surface area (Å²) in [5.41, 5.74) is 7.20. The van der Waals surface area contributed by atoms with E-state index in [0.29, 0.717) is 18.9 Å². The zero-order chi connectivity index (χ0) is 14.3. The van der Waals surface area contributed by atoms with Crippen molar-refractivity contribution < 1.29 is 4.79 Å². The maximum atomic E-state index is 11.9. The molecule has 0 heterocycles. The van der Waals surface area contributed by atoms with Crippen LogP contribution in [0.1, 0.15) is 32.3 Å². The minimum atomic E-state index is -0.00901. The van der Waals surface area contributed by atoms with Crippen LogP contribution < -0.4 is 11.1 Å². The summed E-state index contributed by atoms with van der Waals surface area (Å²) in [7, 11) is 0. The molecule has 3 nitrogen and oxygen atoms in total. The van der Waals surface area contributed by atoms with Gasteiger partial charge in [0, 0.05) is 17.7 Å². The van der Waals surface area contributed by atoms with E-state index in [2.05, 4.69) is 25.1 Å². The molecule has 3 N–H and O–H groups in total. The number of hydrogen-bond acceptors (Lipinski definition) is 2. The molecule has 0 aliphatic carbocycles. The van der Waals surface area contributed by atoms with Gasteiger partial charge in [0.25, 0.3) is 0 Å². The van der Waals surface area contributed by atoms with Crippen molar-refractivity contribution in [1.29, 1.82) is 0 Å². The zero-order valence-electron chi connectivity index (χ0n) is 11.6. The van der Waals surface area contributed by atoms with Gasteiger partial charge in [0.1, 0.15) is 0 Å². The van der Waals surface area contributed by atoms with Crippen LogP contribution in [-0.4, -0.2) is 12.5 Å². The van der Waals surface area contributed by atoms with E-state index in [-0.39, 0.29) is 11.8 Å². The van der Waals surface area contributed by atoms with Crippen LogP contribution in [0.15, 0.2) is 24.3 Å². The van der Waals surface area contributed by atoms with Crippen LogP contribution in [0.5, 0.6) is 0 Å². The van der Waals surface area contributed by atoms with Crippen molar-refractivity contribution >= 4 is 11.6 Å². The molecule has 0 saturated carbocycles. The monoisotopic (exact) mass is 258 g/mol. The second kappa shape index (κ2) is 7.60.